The topological polar surface area (TPSA) is 74.0 Å². The summed E-state index contributed by atoms with van der Waals surface area (Å²) in [6, 6.07) is 20.1. The van der Waals surface area contributed by atoms with Crippen LogP contribution in [0.15, 0.2) is 72.8 Å². The van der Waals surface area contributed by atoms with Gasteiger partial charge in [-0.2, -0.15) is 0 Å². The number of hydrogen-bond donors (Lipinski definition) is 3. The summed E-state index contributed by atoms with van der Waals surface area (Å²) in [5, 5.41) is 6.29. The van der Waals surface area contributed by atoms with E-state index in [0.29, 0.717) is 33.5 Å². The van der Waals surface area contributed by atoms with Crippen molar-refractivity contribution in [1.82, 2.24) is 4.98 Å². The van der Waals surface area contributed by atoms with Gasteiger partial charge in [-0.15, -0.1) is 0 Å². The fourth-order valence-electron chi connectivity index (χ4n) is 3.04. The van der Waals surface area contributed by atoms with Crippen LogP contribution in [0.2, 0.25) is 0 Å². The molecule has 0 spiro atoms. The summed E-state index contributed by atoms with van der Waals surface area (Å²) in [6.07, 6.45) is 0. The van der Waals surface area contributed by atoms with Crippen LogP contribution < -0.4 is 10.6 Å². The zero-order chi connectivity index (χ0) is 20.4. The summed E-state index contributed by atoms with van der Waals surface area (Å²) in [6.45, 7) is 1.86. The summed E-state index contributed by atoms with van der Waals surface area (Å²) < 4.78 is 13.4. The Labute approximate surface area is 166 Å². The molecule has 144 valence electrons. The van der Waals surface area contributed by atoms with E-state index >= 15 is 0 Å². The number of carbonyl (C=O) groups is 2. The van der Waals surface area contributed by atoms with E-state index in [2.05, 4.69) is 15.6 Å². The lowest BCUT2D eigenvalue weighted by Crippen LogP contribution is -2.15. The Balaban J connectivity index is 1.54. The smallest absolute Gasteiger partial charge is 0.272 e. The van der Waals surface area contributed by atoms with Gasteiger partial charge in [0.2, 0.25) is 0 Å². The van der Waals surface area contributed by atoms with Gasteiger partial charge in [-0.25, -0.2) is 4.39 Å². The number of aromatic nitrogens is 1. The van der Waals surface area contributed by atoms with Crippen LogP contribution >= 0.6 is 0 Å². The van der Waals surface area contributed by atoms with Crippen LogP contribution in [0.3, 0.4) is 0 Å². The number of H-pyrrole nitrogens is 1. The molecule has 1 heterocycles. The molecular formula is C23H18FN3O2. The van der Waals surface area contributed by atoms with Crippen LogP contribution in [0.4, 0.5) is 15.8 Å². The Morgan fingerprint density at radius 2 is 1.66 bits per heavy atom. The van der Waals surface area contributed by atoms with Crippen LogP contribution in [-0.4, -0.2) is 16.8 Å². The first kappa shape index (κ1) is 18.4. The van der Waals surface area contributed by atoms with E-state index in [4.69, 9.17) is 0 Å². The third-order valence-corrected chi connectivity index (χ3v) is 4.61. The molecule has 0 radical (unpaired) electrons. The van der Waals surface area contributed by atoms with Gasteiger partial charge in [0.05, 0.1) is 0 Å². The van der Waals surface area contributed by atoms with Gasteiger partial charge >= 0.3 is 0 Å². The van der Waals surface area contributed by atoms with Gasteiger partial charge in [0.15, 0.2) is 0 Å². The average molecular weight is 387 g/mol. The second kappa shape index (κ2) is 7.59. The molecular weight excluding hydrogens is 369 g/mol. The third kappa shape index (κ3) is 4.01. The summed E-state index contributed by atoms with van der Waals surface area (Å²) in [4.78, 5) is 28.0. The molecule has 4 rings (SSSR count). The van der Waals surface area contributed by atoms with Gasteiger partial charge in [-0.3, -0.25) is 9.59 Å². The summed E-state index contributed by atoms with van der Waals surface area (Å²) in [7, 11) is 0. The zero-order valence-corrected chi connectivity index (χ0v) is 15.6. The minimum absolute atomic E-state index is 0.232. The Hall–Kier alpha value is -3.93. The van der Waals surface area contributed by atoms with Crippen molar-refractivity contribution in [1.29, 1.82) is 0 Å². The SMILES string of the molecule is Cc1ccc(NC(=O)c2ccccc2)cc1NC(=O)c1cc2cc(F)ccc2[nH]1. The summed E-state index contributed by atoms with van der Waals surface area (Å²) in [5.74, 6) is -0.943. The number of aryl methyl sites for hydroxylation is 1. The number of rotatable bonds is 4. The molecule has 0 aliphatic heterocycles. The van der Waals surface area contributed by atoms with Crippen molar-refractivity contribution in [3.8, 4) is 0 Å². The van der Waals surface area contributed by atoms with E-state index in [1.807, 2.05) is 19.1 Å². The molecule has 0 saturated carbocycles. The first-order chi connectivity index (χ1) is 14.0. The minimum atomic E-state index is -0.360. The molecule has 0 saturated heterocycles. The molecule has 3 N–H and O–H groups in total. The summed E-state index contributed by atoms with van der Waals surface area (Å²) in [5.41, 5.74) is 3.53. The molecule has 0 fully saturated rings. The second-order valence-electron chi connectivity index (χ2n) is 6.72. The predicted molar refractivity (Wildman–Crippen MR) is 112 cm³/mol. The van der Waals surface area contributed by atoms with E-state index < -0.39 is 0 Å². The van der Waals surface area contributed by atoms with E-state index in [-0.39, 0.29) is 17.6 Å². The van der Waals surface area contributed by atoms with Crippen molar-refractivity contribution in [2.45, 2.75) is 6.92 Å². The molecule has 1 aromatic heterocycles. The van der Waals surface area contributed by atoms with Crippen molar-refractivity contribution in [3.05, 3.63) is 95.4 Å². The van der Waals surface area contributed by atoms with Crippen LogP contribution in [0.5, 0.6) is 0 Å². The molecule has 0 atom stereocenters. The summed E-state index contributed by atoms with van der Waals surface area (Å²) >= 11 is 0. The highest BCUT2D eigenvalue weighted by molar-refractivity contribution is 6.07. The number of aromatic amines is 1. The maximum Gasteiger partial charge on any atom is 0.272 e. The van der Waals surface area contributed by atoms with Crippen molar-refractivity contribution in [3.63, 3.8) is 0 Å². The fourth-order valence-corrected chi connectivity index (χ4v) is 3.04. The number of halogens is 1. The van der Waals surface area contributed by atoms with E-state index in [0.717, 1.165) is 5.56 Å². The largest absolute Gasteiger partial charge is 0.351 e. The van der Waals surface area contributed by atoms with E-state index in [9.17, 15) is 14.0 Å². The molecule has 0 bridgehead atoms. The number of anilines is 2. The lowest BCUT2D eigenvalue weighted by atomic mass is 10.1. The van der Waals surface area contributed by atoms with Crippen LogP contribution in [-0.2, 0) is 0 Å². The molecule has 3 aromatic carbocycles. The molecule has 29 heavy (non-hydrogen) atoms. The highest BCUT2D eigenvalue weighted by atomic mass is 19.1. The number of amides is 2. The first-order valence-corrected chi connectivity index (χ1v) is 9.06. The molecule has 0 unspecified atom stereocenters. The van der Waals surface area contributed by atoms with Gasteiger partial charge in [0.25, 0.3) is 11.8 Å². The molecule has 6 heteroatoms. The number of carbonyl (C=O) groups excluding carboxylic acids is 2. The van der Waals surface area contributed by atoms with Crippen LogP contribution in [0, 0.1) is 12.7 Å². The number of benzene rings is 3. The maximum atomic E-state index is 13.4. The number of nitrogens with one attached hydrogen (secondary N) is 3. The van der Waals surface area contributed by atoms with Crippen molar-refractivity contribution in [2.24, 2.45) is 0 Å². The third-order valence-electron chi connectivity index (χ3n) is 4.61. The average Bonchev–Trinajstić information content (AvgIpc) is 3.14. The zero-order valence-electron chi connectivity index (χ0n) is 15.6. The van der Waals surface area contributed by atoms with Gasteiger partial charge in [-0.05, 0) is 61.0 Å². The maximum absolute atomic E-state index is 13.4. The number of hydrogen-bond acceptors (Lipinski definition) is 2. The van der Waals surface area contributed by atoms with Gasteiger partial charge in [-0.1, -0.05) is 24.3 Å². The highest BCUT2D eigenvalue weighted by Crippen LogP contribution is 2.23. The van der Waals surface area contributed by atoms with E-state index in [1.165, 1.54) is 12.1 Å². The van der Waals surface area contributed by atoms with Gasteiger partial charge in [0.1, 0.15) is 11.5 Å². The Bertz CT molecular complexity index is 1220. The standard InChI is InChI=1S/C23H18FN3O2/c1-14-7-9-18(25-22(28)15-5-3-2-4-6-15)13-20(14)27-23(29)21-12-16-11-17(24)8-10-19(16)26-21/h2-13,26H,1H3,(H,25,28)(H,27,29). The van der Waals surface area contributed by atoms with Crippen LogP contribution in [0.25, 0.3) is 10.9 Å². The number of fused-ring (bicyclic) bond motifs is 1. The minimum Gasteiger partial charge on any atom is -0.351 e. The monoisotopic (exact) mass is 387 g/mol. The lowest BCUT2D eigenvalue weighted by Gasteiger charge is -2.11. The quantitative estimate of drug-likeness (QED) is 0.455. The molecule has 4 aromatic rings. The van der Waals surface area contributed by atoms with Crippen molar-refractivity contribution < 1.29 is 14.0 Å². The van der Waals surface area contributed by atoms with Crippen LogP contribution in [0.1, 0.15) is 26.4 Å². The fraction of sp³-hybridized carbons (Fsp3) is 0.0435. The van der Waals surface area contributed by atoms with Gasteiger partial charge < -0.3 is 15.6 Å². The Morgan fingerprint density at radius 1 is 0.862 bits per heavy atom. The normalized spacial score (nSPS) is 10.7. The second-order valence-corrected chi connectivity index (χ2v) is 6.72. The van der Waals surface area contributed by atoms with Crippen molar-refractivity contribution in [2.75, 3.05) is 10.6 Å². The molecule has 0 aliphatic rings. The Kier molecular flexibility index (Phi) is 4.83. The molecule has 5 nitrogen and oxygen atoms in total. The molecule has 0 aliphatic carbocycles. The predicted octanol–water partition coefficient (Wildman–Crippen LogP) is 5.12. The van der Waals surface area contributed by atoms with Gasteiger partial charge in [0, 0.05) is 27.8 Å². The lowest BCUT2D eigenvalue weighted by molar-refractivity contribution is 0.101. The van der Waals surface area contributed by atoms with E-state index in [1.54, 1.807) is 48.5 Å². The first-order valence-electron chi connectivity index (χ1n) is 9.06. The molecule has 2 amide bonds. The Morgan fingerprint density at radius 3 is 2.45 bits per heavy atom. The van der Waals surface area contributed by atoms with Crippen molar-refractivity contribution >= 4 is 34.1 Å². The highest BCUT2D eigenvalue weighted by Gasteiger charge is 2.13.